The van der Waals surface area contributed by atoms with Crippen molar-refractivity contribution in [2.45, 2.75) is 58.3 Å². The summed E-state index contributed by atoms with van der Waals surface area (Å²) in [7, 11) is 0. The average molecular weight is 169 g/mol. The molecule has 0 bridgehead atoms. The van der Waals surface area contributed by atoms with Crippen LogP contribution in [0.5, 0.6) is 0 Å². The Morgan fingerprint density at radius 1 is 0.917 bits per heavy atom. The number of allylic oxidation sites excluding steroid dienone is 1. The first-order valence-electron chi connectivity index (χ1n) is 5.28. The predicted octanol–water partition coefficient (Wildman–Crippen LogP) is 3.60. The largest absolute Gasteiger partial charge is 0.405 e. The monoisotopic (exact) mass is 169 g/mol. The molecule has 0 aromatic rings. The van der Waals surface area contributed by atoms with Gasteiger partial charge in [-0.2, -0.15) is 0 Å². The van der Waals surface area contributed by atoms with Crippen LogP contribution in [0.1, 0.15) is 58.3 Å². The van der Waals surface area contributed by atoms with Crippen LogP contribution in [-0.2, 0) is 0 Å². The Bertz CT molecular complexity index is 97.2. The molecule has 2 N–H and O–H groups in total. The van der Waals surface area contributed by atoms with Gasteiger partial charge in [-0.25, -0.2) is 0 Å². The quantitative estimate of drug-likeness (QED) is 0.552. The lowest BCUT2D eigenvalue weighted by atomic mass is 10.1. The fraction of sp³-hybridized carbons (Fsp3) is 0.818. The second-order valence-corrected chi connectivity index (χ2v) is 3.34. The summed E-state index contributed by atoms with van der Waals surface area (Å²) in [5.74, 6) is 0. The lowest BCUT2D eigenvalue weighted by Crippen LogP contribution is -1.80. The molecule has 0 aliphatic carbocycles. The van der Waals surface area contributed by atoms with Gasteiger partial charge in [-0.1, -0.05) is 51.5 Å². The van der Waals surface area contributed by atoms with E-state index in [9.17, 15) is 0 Å². The van der Waals surface area contributed by atoms with Gasteiger partial charge < -0.3 is 5.73 Å². The van der Waals surface area contributed by atoms with Gasteiger partial charge in [0.15, 0.2) is 0 Å². The number of nitrogens with two attached hydrogens (primary N) is 1. The normalized spacial score (nSPS) is 11.1. The third-order valence-electron chi connectivity index (χ3n) is 2.11. The summed E-state index contributed by atoms with van der Waals surface area (Å²) in [5.41, 5.74) is 5.23. The molecule has 0 aliphatic rings. The van der Waals surface area contributed by atoms with Crippen molar-refractivity contribution >= 4 is 0 Å². The lowest BCUT2D eigenvalue weighted by Gasteiger charge is -1.98. The summed E-state index contributed by atoms with van der Waals surface area (Å²) >= 11 is 0. The minimum Gasteiger partial charge on any atom is -0.405 e. The van der Waals surface area contributed by atoms with Crippen LogP contribution >= 0.6 is 0 Å². The van der Waals surface area contributed by atoms with Crippen molar-refractivity contribution in [1.82, 2.24) is 0 Å². The van der Waals surface area contributed by atoms with E-state index in [1.54, 1.807) is 6.20 Å². The Labute approximate surface area is 77.0 Å². The third kappa shape index (κ3) is 9.54. The summed E-state index contributed by atoms with van der Waals surface area (Å²) in [5, 5.41) is 0. The second kappa shape index (κ2) is 10.5. The zero-order valence-electron chi connectivity index (χ0n) is 8.39. The van der Waals surface area contributed by atoms with E-state index >= 15 is 0 Å². The van der Waals surface area contributed by atoms with E-state index in [1.165, 1.54) is 44.9 Å². The fourth-order valence-corrected chi connectivity index (χ4v) is 1.32. The molecule has 12 heavy (non-hydrogen) atoms. The van der Waals surface area contributed by atoms with Crippen LogP contribution in [0, 0.1) is 0 Å². The van der Waals surface area contributed by atoms with Crippen molar-refractivity contribution in [2.24, 2.45) is 5.73 Å². The van der Waals surface area contributed by atoms with Gasteiger partial charge in [0.05, 0.1) is 0 Å². The number of rotatable bonds is 8. The molecule has 0 unspecified atom stereocenters. The first kappa shape index (κ1) is 11.5. The van der Waals surface area contributed by atoms with Crippen LogP contribution in [0.4, 0.5) is 0 Å². The van der Waals surface area contributed by atoms with Gasteiger partial charge in [0.1, 0.15) is 0 Å². The second-order valence-electron chi connectivity index (χ2n) is 3.34. The summed E-state index contributed by atoms with van der Waals surface area (Å²) in [4.78, 5) is 0. The zero-order valence-corrected chi connectivity index (χ0v) is 8.39. The molecule has 0 spiro atoms. The van der Waals surface area contributed by atoms with Gasteiger partial charge in [-0.15, -0.1) is 0 Å². The van der Waals surface area contributed by atoms with Crippen molar-refractivity contribution in [3.05, 3.63) is 12.3 Å². The van der Waals surface area contributed by atoms with E-state index < -0.39 is 0 Å². The smallest absolute Gasteiger partial charge is 0.0103 e. The first-order chi connectivity index (χ1) is 5.91. The Kier molecular flexibility index (Phi) is 10.1. The van der Waals surface area contributed by atoms with E-state index in [2.05, 4.69) is 6.92 Å². The van der Waals surface area contributed by atoms with Gasteiger partial charge >= 0.3 is 0 Å². The number of hydrogen-bond donors (Lipinski definition) is 1. The SMILES string of the molecule is CCCCCCCCC/C=C/N. The summed E-state index contributed by atoms with van der Waals surface area (Å²) in [6.45, 7) is 2.26. The molecule has 1 nitrogen and oxygen atoms in total. The molecule has 0 saturated carbocycles. The minimum atomic E-state index is 1.16. The first-order valence-corrected chi connectivity index (χ1v) is 5.28. The van der Waals surface area contributed by atoms with Crippen molar-refractivity contribution in [2.75, 3.05) is 0 Å². The van der Waals surface area contributed by atoms with Crippen LogP contribution in [0.3, 0.4) is 0 Å². The molecule has 0 heterocycles. The van der Waals surface area contributed by atoms with Crippen molar-refractivity contribution < 1.29 is 0 Å². The maximum atomic E-state index is 5.23. The zero-order chi connectivity index (χ0) is 9.07. The van der Waals surface area contributed by atoms with E-state index in [1.807, 2.05) is 6.08 Å². The van der Waals surface area contributed by atoms with Crippen LogP contribution in [-0.4, -0.2) is 0 Å². The molecule has 0 aliphatic heterocycles. The summed E-state index contributed by atoms with van der Waals surface area (Å²) in [6, 6.07) is 0. The van der Waals surface area contributed by atoms with Crippen molar-refractivity contribution in [1.29, 1.82) is 0 Å². The molecule has 72 valence electrons. The summed E-state index contributed by atoms with van der Waals surface area (Å²) < 4.78 is 0. The Balaban J connectivity index is 2.81. The topological polar surface area (TPSA) is 26.0 Å². The standard InChI is InChI=1S/C11H23N/c1-2-3-4-5-6-7-8-9-10-11-12/h10-11H,2-9,12H2,1H3/b11-10+. The summed E-state index contributed by atoms with van der Waals surface area (Å²) in [6.07, 6.45) is 14.5. The molecule has 0 saturated heterocycles. The van der Waals surface area contributed by atoms with E-state index in [-0.39, 0.29) is 0 Å². The van der Waals surface area contributed by atoms with Gasteiger partial charge in [0.2, 0.25) is 0 Å². The maximum Gasteiger partial charge on any atom is -0.0103 e. The third-order valence-corrected chi connectivity index (χ3v) is 2.11. The van der Waals surface area contributed by atoms with Crippen molar-refractivity contribution in [3.8, 4) is 0 Å². The fourth-order valence-electron chi connectivity index (χ4n) is 1.32. The molecule has 0 aromatic carbocycles. The van der Waals surface area contributed by atoms with Crippen LogP contribution in [0.2, 0.25) is 0 Å². The minimum absolute atomic E-state index is 1.16. The average Bonchev–Trinajstić information content (AvgIpc) is 2.10. The highest BCUT2D eigenvalue weighted by Crippen LogP contribution is 2.08. The van der Waals surface area contributed by atoms with E-state index in [0.29, 0.717) is 0 Å². The molecular formula is C11H23N. The Morgan fingerprint density at radius 2 is 1.50 bits per heavy atom. The molecule has 0 fully saturated rings. The van der Waals surface area contributed by atoms with Crippen LogP contribution in [0.15, 0.2) is 12.3 Å². The lowest BCUT2D eigenvalue weighted by molar-refractivity contribution is 0.592. The molecule has 0 amide bonds. The molecule has 0 radical (unpaired) electrons. The van der Waals surface area contributed by atoms with E-state index in [0.717, 1.165) is 6.42 Å². The highest BCUT2D eigenvalue weighted by Gasteiger charge is 1.88. The van der Waals surface area contributed by atoms with Gasteiger partial charge in [0, 0.05) is 0 Å². The van der Waals surface area contributed by atoms with Crippen LogP contribution < -0.4 is 5.73 Å². The highest BCUT2D eigenvalue weighted by molar-refractivity contribution is 4.74. The maximum absolute atomic E-state index is 5.23. The predicted molar refractivity (Wildman–Crippen MR) is 55.9 cm³/mol. The van der Waals surface area contributed by atoms with Gasteiger partial charge in [0.25, 0.3) is 0 Å². The van der Waals surface area contributed by atoms with Crippen LogP contribution in [0.25, 0.3) is 0 Å². The molecule has 0 aromatic heterocycles. The Morgan fingerprint density at radius 3 is 2.08 bits per heavy atom. The Hall–Kier alpha value is -0.460. The van der Waals surface area contributed by atoms with E-state index in [4.69, 9.17) is 5.73 Å². The number of hydrogen-bond acceptors (Lipinski definition) is 1. The van der Waals surface area contributed by atoms with Crippen molar-refractivity contribution in [3.63, 3.8) is 0 Å². The van der Waals surface area contributed by atoms with Gasteiger partial charge in [-0.05, 0) is 19.0 Å². The number of unbranched alkanes of at least 4 members (excludes halogenated alkanes) is 7. The molecule has 0 atom stereocenters. The highest BCUT2D eigenvalue weighted by atomic mass is 14.5. The molecule has 0 rings (SSSR count). The molecule has 1 heteroatoms. The molecular weight excluding hydrogens is 146 g/mol. The van der Waals surface area contributed by atoms with Gasteiger partial charge in [-0.3, -0.25) is 0 Å².